The maximum absolute atomic E-state index is 12.6. The summed E-state index contributed by atoms with van der Waals surface area (Å²) in [5.41, 5.74) is 0.495. The van der Waals surface area contributed by atoms with Gasteiger partial charge in [-0.15, -0.1) is 0 Å². The van der Waals surface area contributed by atoms with E-state index in [9.17, 15) is 4.79 Å². The van der Waals surface area contributed by atoms with Gasteiger partial charge in [0.15, 0.2) is 0 Å². The zero-order valence-electron chi connectivity index (χ0n) is 15.0. The Kier molecular flexibility index (Phi) is 4.74. The monoisotopic (exact) mass is 356 g/mol. The summed E-state index contributed by atoms with van der Waals surface area (Å²) >= 11 is 0. The van der Waals surface area contributed by atoms with Crippen molar-refractivity contribution in [3.8, 4) is 0 Å². The lowest BCUT2D eigenvalue weighted by Crippen LogP contribution is -2.47. The number of carbonyl (C=O) groups excluding carboxylic acids is 1. The van der Waals surface area contributed by atoms with Crippen LogP contribution in [0.15, 0.2) is 41.3 Å². The molecule has 1 spiro atoms. The molecule has 0 aliphatic carbocycles. The number of nitrogens with zero attached hydrogens (tertiary/aromatic N) is 4. The van der Waals surface area contributed by atoms with Crippen molar-refractivity contribution in [2.45, 2.75) is 37.5 Å². The smallest absolute Gasteiger partial charge is 0.255 e. The van der Waals surface area contributed by atoms with Gasteiger partial charge >= 0.3 is 0 Å². The van der Waals surface area contributed by atoms with Crippen molar-refractivity contribution < 1.29 is 13.9 Å². The Bertz CT molecular complexity index is 727. The predicted molar refractivity (Wildman–Crippen MR) is 94.4 cm³/mol. The molecular formula is C19H24N4O3. The Balaban J connectivity index is 1.32. The lowest BCUT2D eigenvalue weighted by atomic mass is 9.87. The normalized spacial score (nSPS) is 22.2. The van der Waals surface area contributed by atoms with Crippen molar-refractivity contribution in [3.63, 3.8) is 0 Å². The van der Waals surface area contributed by atoms with E-state index in [1.54, 1.807) is 18.5 Å². The van der Waals surface area contributed by atoms with Crippen LogP contribution in [0.25, 0.3) is 0 Å². The molecule has 2 aliphatic heterocycles. The highest BCUT2D eigenvalue weighted by molar-refractivity contribution is 5.93. The third-order valence-corrected chi connectivity index (χ3v) is 5.59. The summed E-state index contributed by atoms with van der Waals surface area (Å²) in [6, 6.07) is 6.01. The van der Waals surface area contributed by atoms with Gasteiger partial charge in [-0.05, 0) is 44.5 Å². The molecule has 138 valence electrons. The number of furan rings is 1. The highest BCUT2D eigenvalue weighted by Crippen LogP contribution is 2.38. The van der Waals surface area contributed by atoms with Crippen LogP contribution in [-0.2, 0) is 11.3 Å². The molecule has 2 fully saturated rings. The van der Waals surface area contributed by atoms with Gasteiger partial charge in [0.05, 0.1) is 43.0 Å². The van der Waals surface area contributed by atoms with Crippen LogP contribution in [0.2, 0.25) is 0 Å². The molecule has 0 aromatic carbocycles. The van der Waals surface area contributed by atoms with Gasteiger partial charge in [-0.1, -0.05) is 0 Å². The number of aromatic nitrogens is 2. The summed E-state index contributed by atoms with van der Waals surface area (Å²) in [6.07, 6.45) is 7.55. The molecule has 4 rings (SSSR count). The van der Waals surface area contributed by atoms with Crippen LogP contribution in [-0.4, -0.2) is 64.3 Å². The second-order valence-electron chi connectivity index (χ2n) is 7.27. The van der Waals surface area contributed by atoms with E-state index in [1.165, 1.54) is 6.20 Å². The Morgan fingerprint density at radius 1 is 1.35 bits per heavy atom. The molecule has 0 N–H and O–H groups in total. The second-order valence-corrected chi connectivity index (χ2v) is 7.27. The highest BCUT2D eigenvalue weighted by Gasteiger charge is 2.44. The van der Waals surface area contributed by atoms with Crippen LogP contribution in [0, 0.1) is 0 Å². The minimum Gasteiger partial charge on any atom is -0.468 e. The lowest BCUT2D eigenvalue weighted by Gasteiger charge is -2.39. The van der Waals surface area contributed by atoms with E-state index in [4.69, 9.17) is 9.15 Å². The van der Waals surface area contributed by atoms with E-state index in [2.05, 4.69) is 22.1 Å². The van der Waals surface area contributed by atoms with Gasteiger partial charge in [0.25, 0.3) is 5.91 Å². The number of piperidine rings is 1. The number of ether oxygens (including phenoxy) is 1. The maximum atomic E-state index is 12.6. The summed E-state index contributed by atoms with van der Waals surface area (Å²) < 4.78 is 11.7. The van der Waals surface area contributed by atoms with Gasteiger partial charge in [-0.3, -0.25) is 9.69 Å². The van der Waals surface area contributed by atoms with E-state index in [-0.39, 0.29) is 11.5 Å². The molecule has 2 aromatic heterocycles. The fourth-order valence-electron chi connectivity index (χ4n) is 3.95. The molecule has 0 bridgehead atoms. The SMILES string of the molecule is CN(Cc1ccco1)C1COC2(CCN(C(=O)c3ccnnc3)CC2)C1. The van der Waals surface area contributed by atoms with Gasteiger partial charge in [-0.25, -0.2) is 0 Å². The number of rotatable bonds is 4. The minimum absolute atomic E-state index is 0.0271. The van der Waals surface area contributed by atoms with Crippen LogP contribution in [0.3, 0.4) is 0 Å². The Morgan fingerprint density at radius 2 is 2.19 bits per heavy atom. The van der Waals surface area contributed by atoms with E-state index < -0.39 is 0 Å². The molecule has 1 amide bonds. The Labute approximate surface area is 152 Å². The third kappa shape index (κ3) is 3.50. The lowest BCUT2D eigenvalue weighted by molar-refractivity contribution is -0.0393. The van der Waals surface area contributed by atoms with E-state index in [0.717, 1.165) is 51.3 Å². The molecule has 2 aromatic rings. The Morgan fingerprint density at radius 3 is 2.88 bits per heavy atom. The molecular weight excluding hydrogens is 332 g/mol. The van der Waals surface area contributed by atoms with E-state index in [0.29, 0.717) is 11.6 Å². The van der Waals surface area contributed by atoms with Crippen molar-refractivity contribution in [2.24, 2.45) is 0 Å². The number of likely N-dealkylation sites (N-methyl/N-ethyl adjacent to an activating group) is 1. The van der Waals surface area contributed by atoms with E-state index >= 15 is 0 Å². The van der Waals surface area contributed by atoms with Gasteiger partial charge in [0, 0.05) is 19.1 Å². The first kappa shape index (κ1) is 17.2. The summed E-state index contributed by atoms with van der Waals surface area (Å²) in [5.74, 6) is 0.999. The van der Waals surface area contributed by atoms with Gasteiger partial charge in [-0.2, -0.15) is 10.2 Å². The van der Waals surface area contributed by atoms with Crippen LogP contribution in [0.4, 0.5) is 0 Å². The molecule has 0 radical (unpaired) electrons. The largest absolute Gasteiger partial charge is 0.468 e. The number of amides is 1. The maximum Gasteiger partial charge on any atom is 0.255 e. The second kappa shape index (κ2) is 7.17. The van der Waals surface area contributed by atoms with Gasteiger partial charge < -0.3 is 14.1 Å². The average Bonchev–Trinajstić information content (AvgIpc) is 3.33. The number of hydrogen-bond donors (Lipinski definition) is 0. The third-order valence-electron chi connectivity index (χ3n) is 5.59. The molecule has 1 unspecified atom stereocenters. The summed E-state index contributed by atoms with van der Waals surface area (Å²) in [4.78, 5) is 16.7. The minimum atomic E-state index is -0.102. The fraction of sp³-hybridized carbons (Fsp3) is 0.526. The molecule has 0 saturated carbocycles. The fourth-order valence-corrected chi connectivity index (χ4v) is 3.95. The first-order valence-electron chi connectivity index (χ1n) is 9.08. The van der Waals surface area contributed by atoms with Gasteiger partial charge in [0.1, 0.15) is 5.76 Å². The van der Waals surface area contributed by atoms with Crippen LogP contribution >= 0.6 is 0 Å². The molecule has 2 aliphatic rings. The molecule has 7 nitrogen and oxygen atoms in total. The zero-order valence-corrected chi connectivity index (χ0v) is 15.0. The van der Waals surface area contributed by atoms with Crippen LogP contribution in [0.1, 0.15) is 35.4 Å². The molecule has 7 heteroatoms. The van der Waals surface area contributed by atoms with E-state index in [1.807, 2.05) is 17.0 Å². The summed E-state index contributed by atoms with van der Waals surface area (Å²) in [6.45, 7) is 2.96. The first-order valence-corrected chi connectivity index (χ1v) is 9.08. The average molecular weight is 356 g/mol. The summed E-state index contributed by atoms with van der Waals surface area (Å²) in [7, 11) is 2.12. The highest BCUT2D eigenvalue weighted by atomic mass is 16.5. The molecule has 1 atom stereocenters. The van der Waals surface area contributed by atoms with Crippen LogP contribution < -0.4 is 0 Å². The number of carbonyl (C=O) groups is 1. The number of likely N-dealkylation sites (tertiary alicyclic amines) is 1. The topological polar surface area (TPSA) is 71.7 Å². The molecule has 26 heavy (non-hydrogen) atoms. The first-order chi connectivity index (χ1) is 12.7. The van der Waals surface area contributed by atoms with Crippen LogP contribution in [0.5, 0.6) is 0 Å². The number of hydrogen-bond acceptors (Lipinski definition) is 6. The summed E-state index contributed by atoms with van der Waals surface area (Å²) in [5, 5.41) is 7.53. The zero-order chi connectivity index (χ0) is 18.0. The van der Waals surface area contributed by atoms with Crippen molar-refractivity contribution in [1.82, 2.24) is 20.0 Å². The van der Waals surface area contributed by atoms with Crippen molar-refractivity contribution >= 4 is 5.91 Å². The van der Waals surface area contributed by atoms with Gasteiger partial charge in [0.2, 0.25) is 0 Å². The Hall–Kier alpha value is -2.25. The van der Waals surface area contributed by atoms with Crippen molar-refractivity contribution in [3.05, 3.63) is 48.2 Å². The predicted octanol–water partition coefficient (Wildman–Crippen LogP) is 1.97. The standard InChI is InChI=1S/C19H24N4O3/c1-22(13-17-3-2-10-25-17)16-11-19(26-14-16)5-8-23(9-6-19)18(24)15-4-7-20-21-12-15/h2-4,7,10,12,16H,5-6,8-9,11,13-14H2,1H3. The van der Waals surface area contributed by atoms with Crippen molar-refractivity contribution in [2.75, 3.05) is 26.7 Å². The van der Waals surface area contributed by atoms with Crippen molar-refractivity contribution in [1.29, 1.82) is 0 Å². The molecule has 2 saturated heterocycles. The molecule has 4 heterocycles. The quantitative estimate of drug-likeness (QED) is 0.834.